The van der Waals surface area contributed by atoms with Crippen LogP contribution >= 0.6 is 11.6 Å². The monoisotopic (exact) mass is 291 g/mol. The topological polar surface area (TPSA) is 86.6 Å². The summed E-state index contributed by atoms with van der Waals surface area (Å²) in [7, 11) is 0. The standard InChI is InChI=1S/C14H10ClNO4/c15-11-7-8(5-6-12(11)17)16-13(18)9-3-1-2-4-10(9)14(19)20/h1-7,17H,(H,16,18)(H,19,20). The van der Waals surface area contributed by atoms with E-state index in [0.717, 1.165) is 0 Å². The molecule has 0 aromatic heterocycles. The summed E-state index contributed by atoms with van der Waals surface area (Å²) in [6, 6.07) is 10.0. The van der Waals surface area contributed by atoms with Crippen LogP contribution in [0.4, 0.5) is 5.69 Å². The van der Waals surface area contributed by atoms with Gasteiger partial charge in [-0.15, -0.1) is 0 Å². The molecule has 0 heterocycles. The molecule has 0 atom stereocenters. The number of rotatable bonds is 3. The predicted molar refractivity (Wildman–Crippen MR) is 74.5 cm³/mol. The Morgan fingerprint density at radius 3 is 2.30 bits per heavy atom. The molecule has 0 saturated carbocycles. The second kappa shape index (κ2) is 5.63. The number of carboxylic acids is 1. The van der Waals surface area contributed by atoms with Crippen LogP contribution in [0.25, 0.3) is 0 Å². The summed E-state index contributed by atoms with van der Waals surface area (Å²) in [5, 5.41) is 20.9. The van der Waals surface area contributed by atoms with E-state index >= 15 is 0 Å². The number of benzene rings is 2. The van der Waals surface area contributed by atoms with Crippen LogP contribution in [0.5, 0.6) is 5.75 Å². The number of carbonyl (C=O) groups is 2. The van der Waals surface area contributed by atoms with Crippen LogP contribution in [0.2, 0.25) is 5.02 Å². The minimum atomic E-state index is -1.18. The molecule has 102 valence electrons. The van der Waals surface area contributed by atoms with Gasteiger partial charge in [0.15, 0.2) is 0 Å². The van der Waals surface area contributed by atoms with Crippen LogP contribution < -0.4 is 5.32 Å². The van der Waals surface area contributed by atoms with Crippen molar-refractivity contribution < 1.29 is 19.8 Å². The molecule has 2 aromatic rings. The molecule has 0 saturated heterocycles. The zero-order chi connectivity index (χ0) is 14.7. The first-order chi connectivity index (χ1) is 9.49. The molecule has 0 bridgehead atoms. The molecule has 0 aliphatic heterocycles. The molecule has 3 N–H and O–H groups in total. The van der Waals surface area contributed by atoms with Crippen LogP contribution in [-0.4, -0.2) is 22.1 Å². The number of amides is 1. The van der Waals surface area contributed by atoms with Crippen LogP contribution in [0, 0.1) is 0 Å². The smallest absolute Gasteiger partial charge is 0.336 e. The number of phenolic OH excluding ortho intramolecular Hbond substituents is 1. The van der Waals surface area contributed by atoms with Crippen molar-refractivity contribution in [1.29, 1.82) is 0 Å². The first kappa shape index (κ1) is 13.9. The maximum atomic E-state index is 12.1. The lowest BCUT2D eigenvalue weighted by atomic mass is 10.1. The number of hydrogen-bond acceptors (Lipinski definition) is 3. The van der Waals surface area contributed by atoms with E-state index < -0.39 is 11.9 Å². The molecule has 20 heavy (non-hydrogen) atoms. The molecule has 2 aromatic carbocycles. The van der Waals surface area contributed by atoms with E-state index in [1.54, 1.807) is 6.07 Å². The van der Waals surface area contributed by atoms with E-state index in [1.165, 1.54) is 36.4 Å². The normalized spacial score (nSPS) is 10.1. The SMILES string of the molecule is O=C(O)c1ccccc1C(=O)Nc1ccc(O)c(Cl)c1. The van der Waals surface area contributed by atoms with Gasteiger partial charge in [-0.2, -0.15) is 0 Å². The summed E-state index contributed by atoms with van der Waals surface area (Å²) in [5.74, 6) is -1.85. The molecular formula is C14H10ClNO4. The van der Waals surface area contributed by atoms with E-state index in [0.29, 0.717) is 5.69 Å². The Morgan fingerprint density at radius 2 is 1.70 bits per heavy atom. The van der Waals surface area contributed by atoms with Crippen molar-refractivity contribution in [2.24, 2.45) is 0 Å². The predicted octanol–water partition coefficient (Wildman–Crippen LogP) is 3.00. The van der Waals surface area contributed by atoms with Crippen molar-refractivity contribution in [3.05, 3.63) is 58.6 Å². The second-order valence-corrected chi connectivity index (χ2v) is 4.38. The molecule has 0 radical (unpaired) electrons. The Bertz CT molecular complexity index is 685. The average molecular weight is 292 g/mol. The number of phenols is 1. The highest BCUT2D eigenvalue weighted by atomic mass is 35.5. The van der Waals surface area contributed by atoms with Gasteiger partial charge in [0.05, 0.1) is 16.1 Å². The van der Waals surface area contributed by atoms with Gasteiger partial charge in [-0.1, -0.05) is 23.7 Å². The number of hydrogen-bond donors (Lipinski definition) is 3. The van der Waals surface area contributed by atoms with Crippen molar-refractivity contribution >= 4 is 29.2 Å². The highest BCUT2D eigenvalue weighted by Crippen LogP contribution is 2.26. The lowest BCUT2D eigenvalue weighted by molar-refractivity contribution is 0.0692. The minimum Gasteiger partial charge on any atom is -0.506 e. The van der Waals surface area contributed by atoms with Gasteiger partial charge in [0.2, 0.25) is 0 Å². The fourth-order valence-electron chi connectivity index (χ4n) is 1.65. The van der Waals surface area contributed by atoms with Gasteiger partial charge in [0.25, 0.3) is 5.91 Å². The first-order valence-corrected chi connectivity index (χ1v) is 5.99. The molecular weight excluding hydrogens is 282 g/mol. The van der Waals surface area contributed by atoms with Crippen LogP contribution in [0.3, 0.4) is 0 Å². The molecule has 0 fully saturated rings. The van der Waals surface area contributed by atoms with E-state index in [9.17, 15) is 14.7 Å². The van der Waals surface area contributed by atoms with E-state index in [2.05, 4.69) is 5.32 Å². The highest BCUT2D eigenvalue weighted by molar-refractivity contribution is 6.32. The maximum absolute atomic E-state index is 12.1. The summed E-state index contributed by atoms with van der Waals surface area (Å²) in [6.45, 7) is 0. The van der Waals surface area contributed by atoms with Gasteiger partial charge in [0.1, 0.15) is 5.75 Å². The summed E-state index contributed by atoms with van der Waals surface area (Å²) < 4.78 is 0. The highest BCUT2D eigenvalue weighted by Gasteiger charge is 2.16. The Balaban J connectivity index is 2.28. The van der Waals surface area contributed by atoms with Crippen LogP contribution in [0.1, 0.15) is 20.7 Å². The number of nitrogens with one attached hydrogen (secondary N) is 1. The Kier molecular flexibility index (Phi) is 3.91. The van der Waals surface area contributed by atoms with Gasteiger partial charge >= 0.3 is 5.97 Å². The number of carboxylic acid groups (broad SMARTS) is 1. The molecule has 0 aliphatic rings. The van der Waals surface area contributed by atoms with Crippen molar-refractivity contribution in [1.82, 2.24) is 0 Å². The fourth-order valence-corrected chi connectivity index (χ4v) is 1.83. The number of anilines is 1. The zero-order valence-electron chi connectivity index (χ0n) is 10.1. The lowest BCUT2D eigenvalue weighted by Crippen LogP contribution is -2.16. The van der Waals surface area contributed by atoms with E-state index in [-0.39, 0.29) is 21.9 Å². The third-order valence-electron chi connectivity index (χ3n) is 2.61. The lowest BCUT2D eigenvalue weighted by Gasteiger charge is -2.08. The van der Waals surface area contributed by atoms with Gasteiger partial charge < -0.3 is 15.5 Å². The van der Waals surface area contributed by atoms with Crippen LogP contribution in [-0.2, 0) is 0 Å². The third-order valence-corrected chi connectivity index (χ3v) is 2.91. The molecule has 0 aliphatic carbocycles. The van der Waals surface area contributed by atoms with Crippen LogP contribution in [0.15, 0.2) is 42.5 Å². The van der Waals surface area contributed by atoms with Gasteiger partial charge in [0, 0.05) is 5.69 Å². The number of aromatic hydroxyl groups is 1. The van der Waals surface area contributed by atoms with E-state index in [4.69, 9.17) is 16.7 Å². The number of halogens is 1. The fraction of sp³-hybridized carbons (Fsp3) is 0. The molecule has 0 spiro atoms. The summed E-state index contributed by atoms with van der Waals surface area (Å²) >= 11 is 5.73. The number of carbonyl (C=O) groups excluding carboxylic acids is 1. The summed E-state index contributed by atoms with van der Waals surface area (Å²) in [6.07, 6.45) is 0. The van der Waals surface area contributed by atoms with Gasteiger partial charge in [-0.3, -0.25) is 4.79 Å². The van der Waals surface area contributed by atoms with Gasteiger partial charge in [-0.05, 0) is 30.3 Å². The van der Waals surface area contributed by atoms with E-state index in [1.807, 2.05) is 0 Å². The quantitative estimate of drug-likeness (QED) is 0.759. The Morgan fingerprint density at radius 1 is 1.05 bits per heavy atom. The van der Waals surface area contributed by atoms with Crippen molar-refractivity contribution in [3.63, 3.8) is 0 Å². The minimum absolute atomic E-state index is 0.0456. The molecule has 1 amide bonds. The Hall–Kier alpha value is -2.53. The zero-order valence-corrected chi connectivity index (χ0v) is 10.9. The maximum Gasteiger partial charge on any atom is 0.336 e. The van der Waals surface area contributed by atoms with Crippen molar-refractivity contribution in [3.8, 4) is 5.75 Å². The summed E-state index contributed by atoms with van der Waals surface area (Å²) in [5.41, 5.74) is 0.317. The second-order valence-electron chi connectivity index (χ2n) is 3.97. The first-order valence-electron chi connectivity index (χ1n) is 5.61. The molecule has 5 nitrogen and oxygen atoms in total. The van der Waals surface area contributed by atoms with Crippen molar-refractivity contribution in [2.75, 3.05) is 5.32 Å². The Labute approximate surface area is 119 Å². The third kappa shape index (κ3) is 2.89. The number of aromatic carboxylic acids is 1. The molecule has 6 heteroatoms. The average Bonchev–Trinajstić information content (AvgIpc) is 2.43. The largest absolute Gasteiger partial charge is 0.506 e. The summed E-state index contributed by atoms with van der Waals surface area (Å²) in [4.78, 5) is 23.1. The van der Waals surface area contributed by atoms with Crippen molar-refractivity contribution in [2.45, 2.75) is 0 Å². The van der Waals surface area contributed by atoms with Gasteiger partial charge in [-0.25, -0.2) is 4.79 Å². The molecule has 0 unspecified atom stereocenters. The molecule has 2 rings (SSSR count).